The molecule has 1 nitrogen and oxygen atoms in total. The molecule has 0 aliphatic rings. The Balaban J connectivity index is 0. The Morgan fingerprint density at radius 2 is 1.57 bits per heavy atom. The Kier molecular flexibility index (Phi) is 13.3. The number of rotatable bonds is 4. The average Bonchev–Trinajstić information content (AvgIpc) is 2.21. The molecule has 14 heavy (non-hydrogen) atoms. The van der Waals surface area contributed by atoms with Gasteiger partial charge < -0.3 is 4.74 Å². The minimum Gasteiger partial charge on any atom is -0.494 e. The predicted octanol–water partition coefficient (Wildman–Crippen LogP) is 4.48. The van der Waals surface area contributed by atoms with Crippen molar-refractivity contribution in [3.8, 4) is 0 Å². The van der Waals surface area contributed by atoms with Crippen LogP contribution in [0.5, 0.6) is 0 Å². The molecule has 0 bridgehead atoms. The van der Waals surface area contributed by atoms with Gasteiger partial charge in [0.25, 0.3) is 0 Å². The standard InChI is InChI=1S/C11H18O.C2H6/c1-5-8-10(4)11(9-6-2)12-7-3;1-2/h5-6,8-9H,7H2,1-4H3;1-2H3/b8-5-,9-6-,11-10+;. The van der Waals surface area contributed by atoms with Gasteiger partial charge >= 0.3 is 0 Å². The maximum atomic E-state index is 5.44. The first-order valence-electron chi connectivity index (χ1n) is 5.35. The van der Waals surface area contributed by atoms with E-state index in [1.165, 1.54) is 0 Å². The van der Waals surface area contributed by atoms with E-state index in [1.54, 1.807) is 0 Å². The molecule has 0 aliphatic carbocycles. The van der Waals surface area contributed by atoms with Crippen LogP contribution in [0.15, 0.2) is 35.6 Å². The van der Waals surface area contributed by atoms with Crippen molar-refractivity contribution in [2.24, 2.45) is 0 Å². The Hall–Kier alpha value is -0.980. The fraction of sp³-hybridized carbons (Fsp3) is 0.538. The van der Waals surface area contributed by atoms with Crippen molar-refractivity contribution in [3.05, 3.63) is 35.6 Å². The van der Waals surface area contributed by atoms with Gasteiger partial charge in [-0.15, -0.1) is 0 Å². The Morgan fingerprint density at radius 3 is 1.93 bits per heavy atom. The van der Waals surface area contributed by atoms with Crippen molar-refractivity contribution in [2.75, 3.05) is 6.61 Å². The van der Waals surface area contributed by atoms with E-state index in [9.17, 15) is 0 Å². The van der Waals surface area contributed by atoms with Crippen molar-refractivity contribution < 1.29 is 4.74 Å². The second-order valence-electron chi connectivity index (χ2n) is 2.48. The topological polar surface area (TPSA) is 9.23 Å². The van der Waals surface area contributed by atoms with Crippen molar-refractivity contribution in [2.45, 2.75) is 41.5 Å². The van der Waals surface area contributed by atoms with Crippen LogP contribution in [0, 0.1) is 0 Å². The minimum absolute atomic E-state index is 0.717. The van der Waals surface area contributed by atoms with E-state index in [0.29, 0.717) is 6.61 Å². The third-order valence-corrected chi connectivity index (χ3v) is 1.42. The van der Waals surface area contributed by atoms with E-state index in [2.05, 4.69) is 0 Å². The van der Waals surface area contributed by atoms with Crippen molar-refractivity contribution in [3.63, 3.8) is 0 Å². The van der Waals surface area contributed by atoms with E-state index < -0.39 is 0 Å². The van der Waals surface area contributed by atoms with Crippen molar-refractivity contribution >= 4 is 0 Å². The first-order valence-corrected chi connectivity index (χ1v) is 5.35. The first-order chi connectivity index (χ1) is 6.76. The van der Waals surface area contributed by atoms with Gasteiger partial charge in [0.2, 0.25) is 0 Å². The third-order valence-electron chi connectivity index (χ3n) is 1.42. The normalized spacial score (nSPS) is 12.4. The molecule has 0 saturated carbocycles. The second-order valence-corrected chi connectivity index (χ2v) is 2.48. The van der Waals surface area contributed by atoms with Crippen LogP contribution in [-0.2, 0) is 4.74 Å². The van der Waals surface area contributed by atoms with E-state index in [1.807, 2.05) is 65.8 Å². The highest BCUT2D eigenvalue weighted by atomic mass is 16.5. The lowest BCUT2D eigenvalue weighted by Gasteiger charge is -2.05. The van der Waals surface area contributed by atoms with E-state index in [-0.39, 0.29) is 0 Å². The zero-order valence-corrected chi connectivity index (χ0v) is 10.4. The molecule has 0 rings (SSSR count). The molecule has 0 heterocycles. The largest absolute Gasteiger partial charge is 0.494 e. The fourth-order valence-electron chi connectivity index (χ4n) is 0.932. The average molecular weight is 196 g/mol. The number of allylic oxidation sites excluding steroid dienone is 5. The molecule has 0 saturated heterocycles. The van der Waals surface area contributed by atoms with Crippen LogP contribution in [0.3, 0.4) is 0 Å². The van der Waals surface area contributed by atoms with Crippen LogP contribution in [0.25, 0.3) is 0 Å². The highest BCUT2D eigenvalue weighted by Crippen LogP contribution is 2.08. The monoisotopic (exact) mass is 196 g/mol. The maximum Gasteiger partial charge on any atom is 0.121 e. The molecule has 0 N–H and O–H groups in total. The molecular formula is C13H24O. The SMILES string of the molecule is CC.C\C=C/C(C)=C(\C=C/C)OCC. The zero-order chi connectivity index (χ0) is 11.4. The summed E-state index contributed by atoms with van der Waals surface area (Å²) in [7, 11) is 0. The van der Waals surface area contributed by atoms with Crippen LogP contribution in [0.4, 0.5) is 0 Å². The van der Waals surface area contributed by atoms with Gasteiger partial charge in [0.05, 0.1) is 6.61 Å². The summed E-state index contributed by atoms with van der Waals surface area (Å²) in [5.74, 6) is 0.957. The van der Waals surface area contributed by atoms with Crippen molar-refractivity contribution in [1.82, 2.24) is 0 Å². The summed E-state index contributed by atoms with van der Waals surface area (Å²) in [6, 6.07) is 0. The number of hydrogen-bond acceptors (Lipinski definition) is 1. The zero-order valence-electron chi connectivity index (χ0n) is 10.4. The van der Waals surface area contributed by atoms with Crippen LogP contribution in [0.2, 0.25) is 0 Å². The quantitative estimate of drug-likeness (QED) is 0.476. The number of hydrogen-bond donors (Lipinski definition) is 0. The van der Waals surface area contributed by atoms with Gasteiger partial charge in [-0.05, 0) is 39.3 Å². The lowest BCUT2D eigenvalue weighted by Crippen LogP contribution is -1.90. The van der Waals surface area contributed by atoms with E-state index >= 15 is 0 Å². The van der Waals surface area contributed by atoms with Gasteiger partial charge in [-0.1, -0.05) is 32.1 Å². The van der Waals surface area contributed by atoms with Gasteiger partial charge in [0.1, 0.15) is 5.76 Å². The molecule has 0 fully saturated rings. The highest BCUT2D eigenvalue weighted by Gasteiger charge is 1.94. The predicted molar refractivity (Wildman–Crippen MR) is 65.3 cm³/mol. The van der Waals surface area contributed by atoms with E-state index in [4.69, 9.17) is 4.74 Å². The fourth-order valence-corrected chi connectivity index (χ4v) is 0.932. The molecule has 0 aromatic carbocycles. The number of ether oxygens (including phenoxy) is 1. The smallest absolute Gasteiger partial charge is 0.121 e. The summed E-state index contributed by atoms with van der Waals surface area (Å²) in [6.07, 6.45) is 8.03. The Labute approximate surface area is 89.2 Å². The maximum absolute atomic E-state index is 5.44. The van der Waals surface area contributed by atoms with Gasteiger partial charge in [0.15, 0.2) is 0 Å². The van der Waals surface area contributed by atoms with Crippen LogP contribution in [0.1, 0.15) is 41.5 Å². The Morgan fingerprint density at radius 1 is 1.07 bits per heavy atom. The van der Waals surface area contributed by atoms with Gasteiger partial charge in [0, 0.05) is 0 Å². The summed E-state index contributed by atoms with van der Waals surface area (Å²) in [6.45, 7) is 12.7. The van der Waals surface area contributed by atoms with Gasteiger partial charge in [-0.3, -0.25) is 0 Å². The summed E-state index contributed by atoms with van der Waals surface area (Å²) in [5, 5.41) is 0. The third kappa shape index (κ3) is 7.66. The molecule has 1 heteroatoms. The molecule has 0 aromatic rings. The summed E-state index contributed by atoms with van der Waals surface area (Å²) < 4.78 is 5.44. The minimum atomic E-state index is 0.717. The van der Waals surface area contributed by atoms with Gasteiger partial charge in [-0.2, -0.15) is 0 Å². The van der Waals surface area contributed by atoms with Gasteiger partial charge in [-0.25, -0.2) is 0 Å². The second kappa shape index (κ2) is 12.0. The molecule has 0 aliphatic heterocycles. The van der Waals surface area contributed by atoms with Crippen LogP contribution in [-0.4, -0.2) is 6.61 Å². The summed E-state index contributed by atoms with van der Waals surface area (Å²) >= 11 is 0. The molecule has 0 amide bonds. The summed E-state index contributed by atoms with van der Waals surface area (Å²) in [5.41, 5.74) is 1.16. The molecular weight excluding hydrogens is 172 g/mol. The molecule has 0 spiro atoms. The molecule has 0 unspecified atom stereocenters. The first kappa shape index (κ1) is 15.5. The highest BCUT2D eigenvalue weighted by molar-refractivity contribution is 5.26. The molecule has 0 atom stereocenters. The van der Waals surface area contributed by atoms with Crippen LogP contribution >= 0.6 is 0 Å². The lowest BCUT2D eigenvalue weighted by atomic mass is 10.2. The lowest BCUT2D eigenvalue weighted by molar-refractivity contribution is 0.240. The molecule has 0 aromatic heterocycles. The van der Waals surface area contributed by atoms with E-state index in [0.717, 1.165) is 11.3 Å². The summed E-state index contributed by atoms with van der Waals surface area (Å²) in [4.78, 5) is 0. The molecule has 82 valence electrons. The van der Waals surface area contributed by atoms with Crippen LogP contribution < -0.4 is 0 Å². The van der Waals surface area contributed by atoms with Crippen molar-refractivity contribution in [1.29, 1.82) is 0 Å². The molecule has 0 radical (unpaired) electrons. The Bertz CT molecular complexity index is 197.